The van der Waals surface area contributed by atoms with Crippen LogP contribution in [-0.4, -0.2) is 101 Å². The van der Waals surface area contributed by atoms with Crippen molar-refractivity contribution in [2.24, 2.45) is 11.7 Å². The zero-order valence-electron chi connectivity index (χ0n) is 34.8. The molecule has 0 aliphatic carbocycles. The molecule has 8 N–H and O–H groups in total. The average molecular weight is 835 g/mol. The molecule has 4 aromatic rings. The quantitative estimate of drug-likeness (QED) is 0.0657. The number of phenols is 1. The maximum absolute atomic E-state index is 13.7. The second-order valence-electron chi connectivity index (χ2n) is 15.8. The molecule has 1 aliphatic rings. The third kappa shape index (κ3) is 14.5. The number of piperidine rings is 1. The number of carbonyl (C=O) groups is 5. The molecule has 0 aromatic heterocycles. The van der Waals surface area contributed by atoms with Gasteiger partial charge in [-0.3, -0.25) is 24.0 Å². The van der Waals surface area contributed by atoms with Crippen LogP contribution >= 0.6 is 0 Å². The number of phenolic OH excluding ortho intramolecular Hbond substituents is 1. The molecule has 0 unspecified atom stereocenters. The van der Waals surface area contributed by atoms with E-state index in [0.717, 1.165) is 49.2 Å². The summed E-state index contributed by atoms with van der Waals surface area (Å²) in [6.07, 6.45) is 2.65. The Morgan fingerprint density at radius 2 is 1.23 bits per heavy atom. The Morgan fingerprint density at radius 3 is 1.85 bits per heavy atom. The molecular formula is C47H58N6O8. The monoisotopic (exact) mass is 834 g/mol. The molecule has 0 bridgehead atoms. The van der Waals surface area contributed by atoms with Gasteiger partial charge in [0.25, 0.3) is 0 Å². The summed E-state index contributed by atoms with van der Waals surface area (Å²) in [6, 6.07) is 28.5. The van der Waals surface area contributed by atoms with Crippen molar-refractivity contribution < 1.29 is 38.9 Å². The van der Waals surface area contributed by atoms with Gasteiger partial charge in [0.05, 0.1) is 6.61 Å². The number of hydrogen-bond acceptors (Lipinski definition) is 9. The summed E-state index contributed by atoms with van der Waals surface area (Å²) in [5.74, 6) is -2.87. The van der Waals surface area contributed by atoms with Crippen molar-refractivity contribution in [1.82, 2.24) is 26.2 Å². The highest BCUT2D eigenvalue weighted by Gasteiger charge is 2.32. The van der Waals surface area contributed by atoms with Crippen LogP contribution in [0.4, 0.5) is 0 Å². The normalized spacial score (nSPS) is 15.1. The number of aliphatic hydroxyl groups excluding tert-OH is 1. The minimum absolute atomic E-state index is 0.00282. The molecular weight excluding hydrogens is 777 g/mol. The van der Waals surface area contributed by atoms with Crippen LogP contribution in [0.1, 0.15) is 55.4 Å². The van der Waals surface area contributed by atoms with Crippen LogP contribution in [0, 0.1) is 5.92 Å². The van der Waals surface area contributed by atoms with Gasteiger partial charge in [0.2, 0.25) is 29.5 Å². The number of nitrogens with two attached hydrogens (primary N) is 1. The van der Waals surface area contributed by atoms with E-state index in [2.05, 4.69) is 44.4 Å². The summed E-state index contributed by atoms with van der Waals surface area (Å²) in [5.41, 5.74) is 9.31. The summed E-state index contributed by atoms with van der Waals surface area (Å²) >= 11 is 0. The molecule has 14 heteroatoms. The molecule has 1 heterocycles. The molecule has 1 saturated heterocycles. The van der Waals surface area contributed by atoms with Crippen molar-refractivity contribution in [3.8, 4) is 11.5 Å². The molecule has 61 heavy (non-hydrogen) atoms. The largest absolute Gasteiger partial charge is 0.508 e. The zero-order valence-corrected chi connectivity index (χ0v) is 34.8. The summed E-state index contributed by atoms with van der Waals surface area (Å²) in [6.45, 7) is 4.70. The van der Waals surface area contributed by atoms with Crippen LogP contribution < -0.4 is 31.7 Å². The van der Waals surface area contributed by atoms with Crippen molar-refractivity contribution in [2.75, 3.05) is 26.2 Å². The third-order valence-electron chi connectivity index (χ3n) is 10.7. The molecule has 5 amide bonds. The molecule has 1 fully saturated rings. The number of benzene rings is 4. The fraction of sp³-hybridized carbons (Fsp3) is 0.383. The second kappa shape index (κ2) is 22.9. The number of ether oxygens (including phenoxy) is 1. The Balaban J connectivity index is 1.12. The lowest BCUT2D eigenvalue weighted by Gasteiger charge is -2.32. The van der Waals surface area contributed by atoms with Crippen LogP contribution in [0.15, 0.2) is 109 Å². The maximum atomic E-state index is 13.7. The van der Waals surface area contributed by atoms with Crippen LogP contribution in [0.3, 0.4) is 0 Å². The van der Waals surface area contributed by atoms with E-state index in [0.29, 0.717) is 12.1 Å². The fourth-order valence-corrected chi connectivity index (χ4v) is 7.20. The van der Waals surface area contributed by atoms with Gasteiger partial charge in [-0.15, -0.1) is 0 Å². The van der Waals surface area contributed by atoms with Crippen LogP contribution in [-0.2, 0) is 43.2 Å². The lowest BCUT2D eigenvalue weighted by Crippen LogP contribution is -2.60. The Labute approximate surface area is 357 Å². The lowest BCUT2D eigenvalue weighted by molar-refractivity contribution is -0.135. The second-order valence-corrected chi connectivity index (χ2v) is 15.8. The first kappa shape index (κ1) is 45.8. The predicted molar refractivity (Wildman–Crippen MR) is 231 cm³/mol. The molecule has 5 rings (SSSR count). The van der Waals surface area contributed by atoms with Crippen LogP contribution in [0.5, 0.6) is 11.5 Å². The number of nitrogens with zero attached hydrogens (tertiary/aromatic N) is 1. The molecule has 324 valence electrons. The van der Waals surface area contributed by atoms with Crippen LogP contribution in [0.2, 0.25) is 0 Å². The van der Waals surface area contributed by atoms with Crippen molar-refractivity contribution in [2.45, 2.75) is 82.6 Å². The van der Waals surface area contributed by atoms with Gasteiger partial charge in [-0.2, -0.15) is 0 Å². The summed E-state index contributed by atoms with van der Waals surface area (Å²) < 4.78 is 6.46. The molecule has 0 spiro atoms. The molecule has 4 atom stereocenters. The van der Waals surface area contributed by atoms with E-state index in [-0.39, 0.29) is 42.9 Å². The number of amides is 5. The van der Waals surface area contributed by atoms with Gasteiger partial charge in [0.1, 0.15) is 41.8 Å². The number of aliphatic hydroxyl groups is 1. The van der Waals surface area contributed by atoms with Gasteiger partial charge in [-0.25, -0.2) is 0 Å². The third-order valence-corrected chi connectivity index (χ3v) is 10.7. The summed E-state index contributed by atoms with van der Waals surface area (Å²) in [4.78, 5) is 68.6. The van der Waals surface area contributed by atoms with Gasteiger partial charge in [0.15, 0.2) is 0 Å². The van der Waals surface area contributed by atoms with E-state index in [1.807, 2.05) is 42.5 Å². The smallest absolute Gasteiger partial charge is 0.245 e. The number of likely N-dealkylation sites (tertiary alicyclic amines) is 1. The standard InChI is InChI=1S/C47H58N6O8/c1-31(2)43(52-42(56)23-26-53-24-21-37(22-25-53)61-41-16-10-9-15-35(41)27-32-11-5-3-6-12-32)47(60)51-40(30-54)46(59)50-39(29-34-17-19-36(55)20-18-34)45(58)49-38(44(48)57)28-33-13-7-4-8-14-33/h3-20,31,37-40,43,54-55H,21-30H2,1-2H3,(H2,48,57)(H,49,58)(H,50,59)(H,51,60)(H,52,56)/t38-,39+,40+,43+/m1/s1. The average Bonchev–Trinajstić information content (AvgIpc) is 3.25. The fourth-order valence-electron chi connectivity index (χ4n) is 7.20. The number of nitrogens with one attached hydrogen (secondary N) is 4. The van der Waals surface area contributed by atoms with Crippen molar-refractivity contribution in [3.05, 3.63) is 131 Å². The highest BCUT2D eigenvalue weighted by molar-refractivity contribution is 5.95. The number of rotatable bonds is 21. The number of aromatic hydroxyl groups is 1. The summed E-state index contributed by atoms with van der Waals surface area (Å²) in [7, 11) is 0. The summed E-state index contributed by atoms with van der Waals surface area (Å²) in [5, 5.41) is 30.6. The highest BCUT2D eigenvalue weighted by Crippen LogP contribution is 2.25. The van der Waals surface area contributed by atoms with Crippen molar-refractivity contribution in [1.29, 1.82) is 0 Å². The van der Waals surface area contributed by atoms with Crippen molar-refractivity contribution in [3.63, 3.8) is 0 Å². The SMILES string of the molecule is CC(C)[C@H](NC(=O)CCN1CCC(Oc2ccccc2Cc2ccccc2)CC1)C(=O)N[C@@H](CO)C(=O)N[C@@H](Cc1ccc(O)cc1)C(=O)N[C@H](Cc1ccccc1)C(N)=O. The Hall–Kier alpha value is -6.25. The molecule has 0 saturated carbocycles. The first-order valence-corrected chi connectivity index (χ1v) is 20.8. The van der Waals surface area contributed by atoms with E-state index in [1.54, 1.807) is 50.2 Å². The number of primary amides is 1. The van der Waals surface area contributed by atoms with E-state index in [9.17, 15) is 34.2 Å². The van der Waals surface area contributed by atoms with Gasteiger partial charge < -0.3 is 46.9 Å². The number of carbonyl (C=O) groups excluding carboxylic acids is 5. The van der Waals surface area contributed by atoms with Gasteiger partial charge in [0, 0.05) is 45.3 Å². The first-order chi connectivity index (χ1) is 29.4. The molecule has 0 radical (unpaired) electrons. The van der Waals surface area contributed by atoms with Gasteiger partial charge in [-0.05, 0) is 59.2 Å². The topological polar surface area (TPSA) is 212 Å². The van der Waals surface area contributed by atoms with E-state index in [1.165, 1.54) is 17.7 Å². The molecule has 1 aliphatic heterocycles. The predicted octanol–water partition coefficient (Wildman–Crippen LogP) is 2.77. The zero-order chi connectivity index (χ0) is 43.7. The van der Waals surface area contributed by atoms with Gasteiger partial charge >= 0.3 is 0 Å². The molecule has 4 aromatic carbocycles. The number of para-hydroxylation sites is 1. The lowest BCUT2D eigenvalue weighted by atomic mass is 10.0. The minimum Gasteiger partial charge on any atom is -0.508 e. The van der Waals surface area contributed by atoms with E-state index >= 15 is 0 Å². The maximum Gasteiger partial charge on any atom is 0.245 e. The van der Waals surface area contributed by atoms with E-state index < -0.39 is 54.4 Å². The Kier molecular flexibility index (Phi) is 17.2. The Bertz CT molecular complexity index is 2040. The first-order valence-electron chi connectivity index (χ1n) is 20.8. The Morgan fingerprint density at radius 1 is 0.689 bits per heavy atom. The highest BCUT2D eigenvalue weighted by atomic mass is 16.5. The minimum atomic E-state index is -1.48. The van der Waals surface area contributed by atoms with Crippen LogP contribution in [0.25, 0.3) is 0 Å². The van der Waals surface area contributed by atoms with Gasteiger partial charge in [-0.1, -0.05) is 105 Å². The number of hydrogen-bond donors (Lipinski definition) is 7. The molecule has 14 nitrogen and oxygen atoms in total. The van der Waals surface area contributed by atoms with E-state index in [4.69, 9.17) is 10.5 Å². The van der Waals surface area contributed by atoms with Crippen molar-refractivity contribution >= 4 is 29.5 Å².